The normalized spacial score (nSPS) is 11.1. The summed E-state index contributed by atoms with van der Waals surface area (Å²) in [7, 11) is 0. The molecule has 2 aromatic carbocycles. The maximum atomic E-state index is 11.5. The van der Waals surface area contributed by atoms with E-state index in [2.05, 4.69) is 5.32 Å². The van der Waals surface area contributed by atoms with E-state index in [4.69, 9.17) is 5.26 Å². The number of rotatable bonds is 6. The van der Waals surface area contributed by atoms with Crippen LogP contribution in [0.25, 0.3) is 0 Å². The molecule has 0 aliphatic carbocycles. The highest BCUT2D eigenvalue weighted by molar-refractivity contribution is 5.85. The van der Waals surface area contributed by atoms with E-state index in [1.54, 1.807) is 24.3 Å². The molecule has 0 spiro atoms. The summed E-state index contributed by atoms with van der Waals surface area (Å²) >= 11 is 0. The molecule has 0 amide bonds. The van der Waals surface area contributed by atoms with Gasteiger partial charge in [-0.25, -0.2) is 4.79 Å². The fourth-order valence-electron chi connectivity index (χ4n) is 2.10. The predicted molar refractivity (Wildman–Crippen MR) is 82.4 cm³/mol. The van der Waals surface area contributed by atoms with Crippen molar-refractivity contribution in [1.82, 2.24) is 0 Å². The minimum atomic E-state index is -1.16. The van der Waals surface area contributed by atoms with E-state index in [-0.39, 0.29) is 16.7 Å². The fourth-order valence-corrected chi connectivity index (χ4v) is 2.10. The molecule has 23 heavy (non-hydrogen) atoms. The zero-order valence-electron chi connectivity index (χ0n) is 11.9. The lowest BCUT2D eigenvalue weighted by Crippen LogP contribution is -2.21. The van der Waals surface area contributed by atoms with Crippen LogP contribution in [-0.4, -0.2) is 23.6 Å². The molecule has 2 rings (SSSR count). The molecular formula is C17H12N2O4. The highest BCUT2D eigenvalue weighted by atomic mass is 16.4. The van der Waals surface area contributed by atoms with Crippen LogP contribution in [0.4, 0.5) is 5.69 Å². The molecule has 0 heterocycles. The Morgan fingerprint density at radius 1 is 1.09 bits per heavy atom. The summed E-state index contributed by atoms with van der Waals surface area (Å²) in [6, 6.07) is 11.3. The Hall–Kier alpha value is -3.46. The first-order valence-corrected chi connectivity index (χ1v) is 6.62. The molecule has 1 unspecified atom stereocenters. The summed E-state index contributed by atoms with van der Waals surface area (Å²) in [5.41, 5.74) is 1.68. The summed E-state index contributed by atoms with van der Waals surface area (Å²) in [5, 5.41) is 21.0. The number of nitrogens with zero attached hydrogens (tertiary/aromatic N) is 1. The number of carbonyl (C=O) groups is 3. The van der Waals surface area contributed by atoms with E-state index in [1.807, 2.05) is 6.07 Å². The summed E-state index contributed by atoms with van der Waals surface area (Å²) in [4.78, 5) is 33.4. The Labute approximate surface area is 132 Å². The number of carboxylic acid groups (broad SMARTS) is 1. The highest BCUT2D eigenvalue weighted by Gasteiger charge is 2.21. The minimum Gasteiger partial charge on any atom is -0.479 e. The molecule has 2 aromatic rings. The molecule has 6 nitrogen and oxygen atoms in total. The second-order valence-corrected chi connectivity index (χ2v) is 4.77. The number of carboxylic acids is 1. The summed E-state index contributed by atoms with van der Waals surface area (Å²) < 4.78 is 0. The number of nitriles is 1. The van der Waals surface area contributed by atoms with Crippen molar-refractivity contribution in [3.8, 4) is 6.07 Å². The van der Waals surface area contributed by atoms with Crippen molar-refractivity contribution in [2.75, 3.05) is 5.32 Å². The number of aliphatic carboxylic acids is 1. The van der Waals surface area contributed by atoms with Gasteiger partial charge in [0.15, 0.2) is 6.04 Å². The van der Waals surface area contributed by atoms with E-state index >= 15 is 0 Å². The monoisotopic (exact) mass is 308 g/mol. The van der Waals surface area contributed by atoms with Gasteiger partial charge in [0.25, 0.3) is 0 Å². The number of aldehydes is 2. The molecule has 0 saturated heterocycles. The van der Waals surface area contributed by atoms with Crippen LogP contribution >= 0.6 is 0 Å². The molecule has 2 N–H and O–H groups in total. The summed E-state index contributed by atoms with van der Waals surface area (Å²) in [6.07, 6.45) is 1.11. The molecule has 0 aliphatic rings. The molecule has 0 fully saturated rings. The highest BCUT2D eigenvalue weighted by Crippen LogP contribution is 2.22. The van der Waals surface area contributed by atoms with Crippen molar-refractivity contribution < 1.29 is 19.5 Å². The van der Waals surface area contributed by atoms with Crippen molar-refractivity contribution in [3.05, 3.63) is 64.7 Å². The van der Waals surface area contributed by atoms with Crippen LogP contribution in [0.15, 0.2) is 42.5 Å². The number of anilines is 1. The van der Waals surface area contributed by atoms with Gasteiger partial charge in [0, 0.05) is 16.8 Å². The molecule has 6 heteroatoms. The van der Waals surface area contributed by atoms with Gasteiger partial charge in [0.05, 0.1) is 11.6 Å². The number of hydrogen-bond acceptors (Lipinski definition) is 5. The van der Waals surface area contributed by atoms with Crippen LogP contribution in [0.1, 0.15) is 37.9 Å². The molecule has 1 atom stereocenters. The Bertz CT molecular complexity index is 765. The SMILES string of the molecule is N#Cc1ccc(NC(C(=O)O)c2cc(C=O)cc(C=O)c2)cc1. The van der Waals surface area contributed by atoms with Crippen molar-refractivity contribution in [3.63, 3.8) is 0 Å². The van der Waals surface area contributed by atoms with E-state index in [0.717, 1.165) is 0 Å². The van der Waals surface area contributed by atoms with Gasteiger partial charge in [0.1, 0.15) is 12.6 Å². The summed E-state index contributed by atoms with van der Waals surface area (Å²) in [5.74, 6) is -1.16. The Balaban J connectivity index is 2.38. The molecular weight excluding hydrogens is 296 g/mol. The zero-order chi connectivity index (χ0) is 16.8. The third-order valence-electron chi connectivity index (χ3n) is 3.18. The Kier molecular flexibility index (Phi) is 4.85. The van der Waals surface area contributed by atoms with Gasteiger partial charge in [-0.2, -0.15) is 5.26 Å². The van der Waals surface area contributed by atoms with Gasteiger partial charge in [-0.05, 0) is 48.0 Å². The number of carbonyl (C=O) groups excluding carboxylic acids is 2. The second-order valence-electron chi connectivity index (χ2n) is 4.77. The second kappa shape index (κ2) is 7.00. The van der Waals surface area contributed by atoms with Crippen LogP contribution in [0.2, 0.25) is 0 Å². The van der Waals surface area contributed by atoms with Crippen molar-refractivity contribution >= 4 is 24.2 Å². The van der Waals surface area contributed by atoms with Crippen molar-refractivity contribution in [2.45, 2.75) is 6.04 Å². The Morgan fingerprint density at radius 3 is 2.09 bits per heavy atom. The van der Waals surface area contributed by atoms with E-state index in [9.17, 15) is 19.5 Å². The lowest BCUT2D eigenvalue weighted by molar-refractivity contribution is -0.138. The first-order valence-electron chi connectivity index (χ1n) is 6.62. The van der Waals surface area contributed by atoms with Crippen LogP contribution in [0.5, 0.6) is 0 Å². The van der Waals surface area contributed by atoms with Crippen LogP contribution in [0.3, 0.4) is 0 Å². The number of nitrogens with one attached hydrogen (secondary N) is 1. The fraction of sp³-hybridized carbons (Fsp3) is 0.0588. The van der Waals surface area contributed by atoms with Crippen molar-refractivity contribution in [1.29, 1.82) is 5.26 Å². The van der Waals surface area contributed by atoms with E-state index < -0.39 is 12.0 Å². The standard InChI is InChI=1S/C17H12N2O4/c18-8-11-1-3-15(4-2-11)19-16(17(22)23)14-6-12(9-20)5-13(7-14)10-21/h1-7,9-10,16,19H,(H,22,23). The van der Waals surface area contributed by atoms with E-state index in [0.29, 0.717) is 23.8 Å². The number of hydrogen-bond donors (Lipinski definition) is 2. The van der Waals surface area contributed by atoms with Crippen molar-refractivity contribution in [2.24, 2.45) is 0 Å². The first kappa shape index (κ1) is 15.9. The van der Waals surface area contributed by atoms with Gasteiger partial charge in [0.2, 0.25) is 0 Å². The average Bonchev–Trinajstić information content (AvgIpc) is 2.59. The zero-order valence-corrected chi connectivity index (χ0v) is 11.9. The van der Waals surface area contributed by atoms with Crippen LogP contribution < -0.4 is 5.32 Å². The molecule has 0 aromatic heterocycles. The number of benzene rings is 2. The molecule has 114 valence electrons. The minimum absolute atomic E-state index is 0.220. The molecule has 0 saturated carbocycles. The Morgan fingerprint density at radius 2 is 1.65 bits per heavy atom. The van der Waals surface area contributed by atoms with Gasteiger partial charge in [-0.1, -0.05) is 0 Å². The van der Waals surface area contributed by atoms with Crippen LogP contribution in [0, 0.1) is 11.3 Å². The van der Waals surface area contributed by atoms with Gasteiger partial charge >= 0.3 is 5.97 Å². The first-order chi connectivity index (χ1) is 11.1. The largest absolute Gasteiger partial charge is 0.479 e. The van der Waals surface area contributed by atoms with E-state index in [1.165, 1.54) is 18.2 Å². The lowest BCUT2D eigenvalue weighted by Gasteiger charge is -2.17. The maximum absolute atomic E-state index is 11.5. The third kappa shape index (κ3) is 3.80. The molecule has 0 bridgehead atoms. The van der Waals surface area contributed by atoms with Gasteiger partial charge in [-0.15, -0.1) is 0 Å². The topological polar surface area (TPSA) is 107 Å². The van der Waals surface area contributed by atoms with Gasteiger partial charge in [-0.3, -0.25) is 9.59 Å². The van der Waals surface area contributed by atoms with Gasteiger partial charge < -0.3 is 10.4 Å². The average molecular weight is 308 g/mol. The van der Waals surface area contributed by atoms with Crippen LogP contribution in [-0.2, 0) is 4.79 Å². The predicted octanol–water partition coefficient (Wildman–Crippen LogP) is 2.42. The molecule has 0 radical (unpaired) electrons. The molecule has 0 aliphatic heterocycles. The smallest absolute Gasteiger partial charge is 0.330 e. The quantitative estimate of drug-likeness (QED) is 0.793. The maximum Gasteiger partial charge on any atom is 0.330 e. The summed E-state index contributed by atoms with van der Waals surface area (Å²) in [6.45, 7) is 0. The lowest BCUT2D eigenvalue weighted by atomic mass is 10.0. The third-order valence-corrected chi connectivity index (χ3v) is 3.18.